The molecule has 0 N–H and O–H groups in total. The third-order valence-electron chi connectivity index (χ3n) is 2.36. The second-order valence-corrected chi connectivity index (χ2v) is 4.76. The van der Waals surface area contributed by atoms with Crippen molar-refractivity contribution < 1.29 is 4.79 Å². The lowest BCUT2D eigenvalue weighted by molar-refractivity contribution is 0.0992. The van der Waals surface area contributed by atoms with Crippen LogP contribution in [0.25, 0.3) is 0 Å². The van der Waals surface area contributed by atoms with E-state index in [2.05, 4.69) is 19.7 Å². The van der Waals surface area contributed by atoms with E-state index in [1.807, 2.05) is 13.8 Å². The van der Waals surface area contributed by atoms with Crippen LogP contribution in [0, 0.1) is 6.92 Å². The number of aryl methyl sites for hydroxylation is 1. The van der Waals surface area contributed by atoms with Gasteiger partial charge in [0.05, 0.1) is 12.1 Å². The topological polar surface area (TPSA) is 73.6 Å². The Morgan fingerprint density at radius 3 is 2.88 bits per heavy atom. The zero-order chi connectivity index (χ0) is 12.4. The van der Waals surface area contributed by atoms with Gasteiger partial charge in [-0.15, -0.1) is 5.10 Å². The van der Waals surface area contributed by atoms with Crippen LogP contribution in [-0.2, 0) is 6.42 Å². The number of carbonyl (C=O) groups excluding carboxylic acids is 1. The molecule has 0 unspecified atom stereocenters. The number of ketones is 1. The summed E-state index contributed by atoms with van der Waals surface area (Å²) >= 11 is 1.13. The number of Topliss-reactive ketones (excluding diaryl/α,β-unsaturated/α-hetero) is 1. The first kappa shape index (κ1) is 11.8. The van der Waals surface area contributed by atoms with Crippen molar-refractivity contribution in [3.05, 3.63) is 22.7 Å². The van der Waals surface area contributed by atoms with Gasteiger partial charge in [0.2, 0.25) is 0 Å². The number of nitrogens with zero attached hydrogens (tertiary/aromatic N) is 5. The third-order valence-corrected chi connectivity index (χ3v) is 3.23. The minimum atomic E-state index is -0.00704. The molecule has 0 aliphatic rings. The van der Waals surface area contributed by atoms with Gasteiger partial charge >= 0.3 is 0 Å². The largest absolute Gasteiger partial charge is 0.293 e. The van der Waals surface area contributed by atoms with Gasteiger partial charge < -0.3 is 0 Å². The number of hydrogen-bond acceptors (Lipinski definition) is 6. The Kier molecular flexibility index (Phi) is 3.28. The summed E-state index contributed by atoms with van der Waals surface area (Å²) < 4.78 is 5.51. The smallest absolute Gasteiger partial charge is 0.183 e. The van der Waals surface area contributed by atoms with E-state index in [9.17, 15) is 4.79 Å². The van der Waals surface area contributed by atoms with Crippen molar-refractivity contribution in [2.24, 2.45) is 0 Å². The van der Waals surface area contributed by atoms with E-state index in [1.165, 1.54) is 6.33 Å². The Labute approximate surface area is 103 Å². The van der Waals surface area contributed by atoms with Gasteiger partial charge in [0.1, 0.15) is 17.0 Å². The van der Waals surface area contributed by atoms with E-state index in [0.29, 0.717) is 16.4 Å². The highest BCUT2D eigenvalue weighted by Crippen LogP contribution is 2.14. The molecule has 0 aliphatic heterocycles. The van der Waals surface area contributed by atoms with E-state index in [-0.39, 0.29) is 18.2 Å². The molecule has 90 valence electrons. The third kappa shape index (κ3) is 2.38. The maximum atomic E-state index is 12.0. The highest BCUT2D eigenvalue weighted by molar-refractivity contribution is 7.08. The Hall–Kier alpha value is -1.63. The van der Waals surface area contributed by atoms with Crippen molar-refractivity contribution in [1.82, 2.24) is 24.4 Å². The molecule has 0 aromatic carbocycles. The predicted molar refractivity (Wildman–Crippen MR) is 63.1 cm³/mol. The first-order chi connectivity index (χ1) is 8.09. The normalized spacial score (nSPS) is 11.1. The molecule has 17 heavy (non-hydrogen) atoms. The van der Waals surface area contributed by atoms with E-state index in [4.69, 9.17) is 0 Å². The molecule has 2 rings (SSSR count). The quantitative estimate of drug-likeness (QED) is 0.769. The summed E-state index contributed by atoms with van der Waals surface area (Å²) in [7, 11) is 0. The first-order valence-electron chi connectivity index (χ1n) is 5.30. The molecule has 0 fully saturated rings. The summed E-state index contributed by atoms with van der Waals surface area (Å²) in [5, 5.41) is 7.93. The summed E-state index contributed by atoms with van der Waals surface area (Å²) in [6.45, 7) is 5.79. The molecule has 0 radical (unpaired) electrons. The van der Waals surface area contributed by atoms with E-state index >= 15 is 0 Å². The minimum absolute atomic E-state index is 0.00704. The Morgan fingerprint density at radius 2 is 2.29 bits per heavy atom. The van der Waals surface area contributed by atoms with E-state index in [1.54, 1.807) is 11.6 Å². The lowest BCUT2D eigenvalue weighted by Crippen LogP contribution is -2.13. The van der Waals surface area contributed by atoms with Gasteiger partial charge in [-0.2, -0.15) is 5.10 Å². The maximum Gasteiger partial charge on any atom is 0.183 e. The molecule has 2 aromatic rings. The molecule has 6 nitrogen and oxygen atoms in total. The predicted octanol–water partition coefficient (Wildman–Crippen LogP) is 1.44. The highest BCUT2D eigenvalue weighted by Gasteiger charge is 2.17. The van der Waals surface area contributed by atoms with Crippen molar-refractivity contribution in [1.29, 1.82) is 0 Å². The van der Waals surface area contributed by atoms with Crippen LogP contribution >= 0.6 is 11.5 Å². The number of aromatic nitrogens is 5. The van der Waals surface area contributed by atoms with Crippen LogP contribution in [0.1, 0.15) is 41.1 Å². The lowest BCUT2D eigenvalue weighted by atomic mass is 10.2. The van der Waals surface area contributed by atoms with Crippen molar-refractivity contribution >= 4 is 17.3 Å². The van der Waals surface area contributed by atoms with Crippen LogP contribution in [0.3, 0.4) is 0 Å². The molecular weight excluding hydrogens is 238 g/mol. The lowest BCUT2D eigenvalue weighted by Gasteiger charge is -2.08. The van der Waals surface area contributed by atoms with Gasteiger partial charge in [0.15, 0.2) is 5.78 Å². The molecule has 0 saturated heterocycles. The number of hydrogen-bond donors (Lipinski definition) is 0. The molecule has 0 aliphatic carbocycles. The molecule has 0 saturated carbocycles. The molecule has 0 atom stereocenters. The Morgan fingerprint density at radius 1 is 1.53 bits per heavy atom. The number of carbonyl (C=O) groups is 1. The van der Waals surface area contributed by atoms with Crippen LogP contribution < -0.4 is 0 Å². The summed E-state index contributed by atoms with van der Waals surface area (Å²) in [6, 6.07) is 0.195. The maximum absolute atomic E-state index is 12.0. The monoisotopic (exact) mass is 251 g/mol. The second kappa shape index (κ2) is 4.70. The number of rotatable bonds is 4. The fraction of sp³-hybridized carbons (Fsp3) is 0.500. The SMILES string of the molecule is Cc1nnsc1C(=O)Cc1ncnn1C(C)C. The zero-order valence-electron chi connectivity index (χ0n) is 9.91. The molecule has 0 amide bonds. The van der Waals surface area contributed by atoms with Crippen LogP contribution in [-0.4, -0.2) is 30.1 Å². The van der Waals surface area contributed by atoms with Gasteiger partial charge in [-0.25, -0.2) is 9.67 Å². The van der Waals surface area contributed by atoms with Crippen LogP contribution in [0.15, 0.2) is 6.33 Å². The molecule has 0 bridgehead atoms. The van der Waals surface area contributed by atoms with Crippen molar-refractivity contribution in [3.63, 3.8) is 0 Å². The van der Waals surface area contributed by atoms with Crippen molar-refractivity contribution in [2.75, 3.05) is 0 Å². The average molecular weight is 251 g/mol. The van der Waals surface area contributed by atoms with E-state index in [0.717, 1.165) is 11.5 Å². The van der Waals surface area contributed by atoms with Crippen molar-refractivity contribution in [2.45, 2.75) is 33.2 Å². The Balaban J connectivity index is 2.19. The first-order valence-corrected chi connectivity index (χ1v) is 6.07. The second-order valence-electron chi connectivity index (χ2n) is 4.00. The highest BCUT2D eigenvalue weighted by atomic mass is 32.1. The van der Waals surface area contributed by atoms with Gasteiger partial charge in [0.25, 0.3) is 0 Å². The molecular formula is C10H13N5OS. The molecule has 2 heterocycles. The van der Waals surface area contributed by atoms with Crippen LogP contribution in [0.5, 0.6) is 0 Å². The summed E-state index contributed by atoms with van der Waals surface area (Å²) in [5.74, 6) is 0.671. The van der Waals surface area contributed by atoms with Gasteiger partial charge in [-0.3, -0.25) is 4.79 Å². The fourth-order valence-electron chi connectivity index (χ4n) is 1.54. The van der Waals surface area contributed by atoms with Gasteiger partial charge in [0, 0.05) is 6.04 Å². The van der Waals surface area contributed by atoms with E-state index < -0.39 is 0 Å². The van der Waals surface area contributed by atoms with Gasteiger partial charge in [-0.05, 0) is 32.3 Å². The van der Waals surface area contributed by atoms with Crippen LogP contribution in [0.2, 0.25) is 0 Å². The average Bonchev–Trinajstić information content (AvgIpc) is 2.86. The molecule has 2 aromatic heterocycles. The molecule has 7 heteroatoms. The van der Waals surface area contributed by atoms with Crippen LogP contribution in [0.4, 0.5) is 0 Å². The Bertz CT molecular complexity index is 530. The summed E-state index contributed by atoms with van der Waals surface area (Å²) in [4.78, 5) is 16.7. The standard InChI is InChI=1S/C10H13N5OS/c1-6(2)15-9(11-5-12-15)4-8(16)10-7(3)13-14-17-10/h5-6H,4H2,1-3H3. The molecule has 0 spiro atoms. The van der Waals surface area contributed by atoms with Gasteiger partial charge in [-0.1, -0.05) is 4.49 Å². The summed E-state index contributed by atoms with van der Waals surface area (Å²) in [5.41, 5.74) is 0.676. The zero-order valence-corrected chi connectivity index (χ0v) is 10.7. The van der Waals surface area contributed by atoms with Crippen molar-refractivity contribution in [3.8, 4) is 0 Å². The minimum Gasteiger partial charge on any atom is -0.293 e. The fourth-order valence-corrected chi connectivity index (χ4v) is 2.13. The summed E-state index contributed by atoms with van der Waals surface area (Å²) in [6.07, 6.45) is 1.71.